The Bertz CT molecular complexity index is 302. The summed E-state index contributed by atoms with van der Waals surface area (Å²) >= 11 is 7.61. The molecule has 3 heteroatoms. The van der Waals surface area contributed by atoms with E-state index in [2.05, 4.69) is 41.5 Å². The molecular weight excluding hydrogens is 272 g/mol. The molecule has 0 saturated heterocycles. The molecule has 1 nitrogen and oxygen atoms in total. The van der Waals surface area contributed by atoms with Crippen LogP contribution in [-0.2, 0) is 0 Å². The molecule has 0 aliphatic heterocycles. The Morgan fingerprint density at radius 3 is 2.73 bits per heavy atom. The number of benzene rings is 1. The Balaban J connectivity index is 2.31. The molecule has 0 saturated carbocycles. The molecule has 1 aromatic rings. The van der Waals surface area contributed by atoms with Crippen LogP contribution in [0.1, 0.15) is 24.8 Å². The molecule has 1 aromatic carbocycles. The summed E-state index contributed by atoms with van der Waals surface area (Å²) in [6.07, 6.45) is 3.47. The molecule has 15 heavy (non-hydrogen) atoms. The first-order chi connectivity index (χ1) is 7.24. The fourth-order valence-electron chi connectivity index (χ4n) is 1.35. The summed E-state index contributed by atoms with van der Waals surface area (Å²) in [6, 6.07) is 6.09. The van der Waals surface area contributed by atoms with Crippen molar-refractivity contribution in [2.45, 2.75) is 26.2 Å². The van der Waals surface area contributed by atoms with Gasteiger partial charge in [0, 0.05) is 4.47 Å². The maximum atomic E-state index is 5.69. The molecule has 0 amide bonds. The summed E-state index contributed by atoms with van der Waals surface area (Å²) < 4.78 is 6.79. The predicted molar refractivity (Wildman–Crippen MR) is 72.1 cm³/mol. The second-order valence-corrected chi connectivity index (χ2v) is 4.91. The number of ether oxygens (including phenoxy) is 1. The first-order valence-corrected chi connectivity index (χ1v) is 6.66. The lowest BCUT2D eigenvalue weighted by Gasteiger charge is -2.08. The highest BCUT2D eigenvalue weighted by Gasteiger charge is 1.99. The molecule has 0 spiro atoms. The second-order valence-electron chi connectivity index (χ2n) is 3.54. The van der Waals surface area contributed by atoms with Crippen molar-refractivity contribution in [2.24, 2.45) is 0 Å². The van der Waals surface area contributed by atoms with Gasteiger partial charge in [-0.2, -0.15) is 12.6 Å². The van der Waals surface area contributed by atoms with Crippen molar-refractivity contribution in [3.05, 3.63) is 28.2 Å². The summed E-state index contributed by atoms with van der Waals surface area (Å²) in [5, 5.41) is 0. The average Bonchev–Trinajstić information content (AvgIpc) is 2.20. The van der Waals surface area contributed by atoms with Gasteiger partial charge in [0.25, 0.3) is 0 Å². The van der Waals surface area contributed by atoms with Gasteiger partial charge < -0.3 is 4.74 Å². The van der Waals surface area contributed by atoms with E-state index in [-0.39, 0.29) is 0 Å². The van der Waals surface area contributed by atoms with Crippen molar-refractivity contribution in [3.8, 4) is 5.75 Å². The largest absolute Gasteiger partial charge is 0.493 e. The summed E-state index contributed by atoms with van der Waals surface area (Å²) in [7, 11) is 0. The standard InChI is InChI=1S/C12H17BrOS/c1-10-9-11(13)5-6-12(10)14-7-3-2-4-8-15/h5-6,9,15H,2-4,7-8H2,1H3. The van der Waals surface area contributed by atoms with E-state index < -0.39 is 0 Å². The molecule has 0 unspecified atom stereocenters. The third-order valence-corrected chi connectivity index (χ3v) is 3.01. The highest BCUT2D eigenvalue weighted by Crippen LogP contribution is 2.22. The van der Waals surface area contributed by atoms with Gasteiger partial charge in [-0.25, -0.2) is 0 Å². The molecule has 0 atom stereocenters. The Labute approximate surface area is 106 Å². The van der Waals surface area contributed by atoms with Gasteiger partial charge in [0.2, 0.25) is 0 Å². The average molecular weight is 289 g/mol. The Hall–Kier alpha value is -0.150. The summed E-state index contributed by atoms with van der Waals surface area (Å²) in [5.74, 6) is 1.96. The molecular formula is C12H17BrOS. The van der Waals surface area contributed by atoms with E-state index in [1.165, 1.54) is 18.4 Å². The van der Waals surface area contributed by atoms with Crippen LogP contribution in [0.15, 0.2) is 22.7 Å². The van der Waals surface area contributed by atoms with Gasteiger partial charge in [0.15, 0.2) is 0 Å². The van der Waals surface area contributed by atoms with Crippen LogP contribution in [0.3, 0.4) is 0 Å². The Morgan fingerprint density at radius 2 is 2.07 bits per heavy atom. The van der Waals surface area contributed by atoms with E-state index >= 15 is 0 Å². The van der Waals surface area contributed by atoms with E-state index in [0.29, 0.717) is 0 Å². The van der Waals surface area contributed by atoms with Crippen molar-refractivity contribution in [3.63, 3.8) is 0 Å². The van der Waals surface area contributed by atoms with Crippen LogP contribution in [0.5, 0.6) is 5.75 Å². The SMILES string of the molecule is Cc1cc(Br)ccc1OCCCCCS. The van der Waals surface area contributed by atoms with Gasteiger partial charge in [0.05, 0.1) is 6.61 Å². The fraction of sp³-hybridized carbons (Fsp3) is 0.500. The van der Waals surface area contributed by atoms with Crippen LogP contribution in [-0.4, -0.2) is 12.4 Å². The summed E-state index contributed by atoms with van der Waals surface area (Å²) in [6.45, 7) is 2.87. The lowest BCUT2D eigenvalue weighted by Crippen LogP contribution is -1.98. The van der Waals surface area contributed by atoms with Crippen LogP contribution in [0.4, 0.5) is 0 Å². The first-order valence-electron chi connectivity index (χ1n) is 5.24. The number of aryl methyl sites for hydroxylation is 1. The molecule has 84 valence electrons. The predicted octanol–water partition coefficient (Wildman–Crippen LogP) is 4.24. The Morgan fingerprint density at radius 1 is 1.27 bits per heavy atom. The fourth-order valence-corrected chi connectivity index (χ4v) is 2.05. The summed E-state index contributed by atoms with van der Waals surface area (Å²) in [5.41, 5.74) is 1.18. The van der Waals surface area contributed by atoms with Gasteiger partial charge in [-0.3, -0.25) is 0 Å². The number of halogens is 1. The van der Waals surface area contributed by atoms with E-state index in [1.54, 1.807) is 0 Å². The number of thiol groups is 1. The minimum absolute atomic E-state index is 0.802. The summed E-state index contributed by atoms with van der Waals surface area (Å²) in [4.78, 5) is 0. The molecule has 0 aliphatic carbocycles. The maximum Gasteiger partial charge on any atom is 0.122 e. The zero-order valence-electron chi connectivity index (χ0n) is 9.00. The normalized spacial score (nSPS) is 10.3. The number of rotatable bonds is 6. The number of hydrogen-bond donors (Lipinski definition) is 1. The highest BCUT2D eigenvalue weighted by atomic mass is 79.9. The first kappa shape index (κ1) is 12.9. The van der Waals surface area contributed by atoms with Crippen LogP contribution in [0.2, 0.25) is 0 Å². The van der Waals surface area contributed by atoms with Gasteiger partial charge >= 0.3 is 0 Å². The smallest absolute Gasteiger partial charge is 0.122 e. The number of unbranched alkanes of at least 4 members (excludes halogenated alkanes) is 2. The van der Waals surface area contributed by atoms with Crippen molar-refractivity contribution in [1.82, 2.24) is 0 Å². The topological polar surface area (TPSA) is 9.23 Å². The molecule has 0 fully saturated rings. The third-order valence-electron chi connectivity index (χ3n) is 2.20. The van der Waals surface area contributed by atoms with Crippen molar-refractivity contribution in [2.75, 3.05) is 12.4 Å². The zero-order valence-corrected chi connectivity index (χ0v) is 11.5. The molecule has 1 rings (SSSR count). The molecule has 0 aliphatic rings. The van der Waals surface area contributed by atoms with Crippen molar-refractivity contribution < 1.29 is 4.74 Å². The van der Waals surface area contributed by atoms with Crippen LogP contribution in [0.25, 0.3) is 0 Å². The Kier molecular flexibility index (Phi) is 6.18. The van der Waals surface area contributed by atoms with E-state index in [1.807, 2.05) is 12.1 Å². The highest BCUT2D eigenvalue weighted by molar-refractivity contribution is 9.10. The quantitative estimate of drug-likeness (QED) is 0.609. The third kappa shape index (κ3) is 4.94. The molecule has 0 heterocycles. The van der Waals surface area contributed by atoms with Gasteiger partial charge in [0.1, 0.15) is 5.75 Å². The van der Waals surface area contributed by atoms with E-state index in [9.17, 15) is 0 Å². The van der Waals surface area contributed by atoms with Crippen LogP contribution in [0, 0.1) is 6.92 Å². The van der Waals surface area contributed by atoms with Gasteiger partial charge in [-0.15, -0.1) is 0 Å². The van der Waals surface area contributed by atoms with Gasteiger partial charge in [-0.1, -0.05) is 15.9 Å². The van der Waals surface area contributed by atoms with E-state index in [0.717, 1.165) is 29.0 Å². The zero-order chi connectivity index (χ0) is 11.1. The van der Waals surface area contributed by atoms with Crippen LogP contribution < -0.4 is 4.74 Å². The number of hydrogen-bond acceptors (Lipinski definition) is 2. The van der Waals surface area contributed by atoms with Crippen molar-refractivity contribution in [1.29, 1.82) is 0 Å². The monoisotopic (exact) mass is 288 g/mol. The maximum absolute atomic E-state index is 5.69. The minimum Gasteiger partial charge on any atom is -0.493 e. The van der Waals surface area contributed by atoms with E-state index in [4.69, 9.17) is 4.74 Å². The minimum atomic E-state index is 0.802. The van der Waals surface area contributed by atoms with Gasteiger partial charge in [-0.05, 0) is 55.7 Å². The lowest BCUT2D eigenvalue weighted by molar-refractivity contribution is 0.304. The molecule has 0 radical (unpaired) electrons. The molecule has 0 aromatic heterocycles. The second kappa shape index (κ2) is 7.18. The van der Waals surface area contributed by atoms with Crippen LogP contribution >= 0.6 is 28.6 Å². The molecule has 0 bridgehead atoms. The lowest BCUT2D eigenvalue weighted by atomic mass is 10.2. The molecule has 0 N–H and O–H groups in total. The van der Waals surface area contributed by atoms with Crippen molar-refractivity contribution >= 4 is 28.6 Å².